The number of aliphatic hydroxyl groups is 1. The normalized spacial score (nSPS) is 10.2. The smallest absolute Gasteiger partial charge is 0.239 e. The second-order valence-electron chi connectivity index (χ2n) is 4.16. The van der Waals surface area contributed by atoms with Gasteiger partial charge in [-0.3, -0.25) is 9.59 Å². The largest absolute Gasteiger partial charge is 0.396 e. The number of amides is 2. The summed E-state index contributed by atoms with van der Waals surface area (Å²) in [6.07, 6.45) is 1.63. The Morgan fingerprint density at radius 1 is 1.12 bits per heavy atom. The van der Waals surface area contributed by atoms with E-state index in [1.807, 2.05) is 13.8 Å². The maximum atomic E-state index is 11.2. The zero-order valence-corrected chi connectivity index (χ0v) is 10.1. The van der Waals surface area contributed by atoms with E-state index in [0.717, 1.165) is 0 Å². The summed E-state index contributed by atoms with van der Waals surface area (Å²) in [6, 6.07) is 0. The molecule has 3 N–H and O–H groups in total. The molecule has 0 heterocycles. The van der Waals surface area contributed by atoms with E-state index in [0.29, 0.717) is 31.7 Å². The standard InChI is InChI=1S/C11H22N2O3/c1-9(2)7-12-11(16)8-13-10(15)5-3-4-6-14/h9,14H,3-8H2,1-2H3,(H,12,16)(H,13,15). The molecule has 0 atom stereocenters. The predicted molar refractivity (Wildman–Crippen MR) is 61.8 cm³/mol. The van der Waals surface area contributed by atoms with Gasteiger partial charge in [-0.1, -0.05) is 13.8 Å². The molecule has 16 heavy (non-hydrogen) atoms. The lowest BCUT2D eigenvalue weighted by Gasteiger charge is -2.08. The molecule has 0 fully saturated rings. The van der Waals surface area contributed by atoms with E-state index in [1.165, 1.54) is 0 Å². The van der Waals surface area contributed by atoms with Gasteiger partial charge in [0.25, 0.3) is 0 Å². The lowest BCUT2D eigenvalue weighted by atomic mass is 10.2. The van der Waals surface area contributed by atoms with E-state index in [4.69, 9.17) is 5.11 Å². The Morgan fingerprint density at radius 3 is 2.38 bits per heavy atom. The van der Waals surface area contributed by atoms with Gasteiger partial charge in [0.1, 0.15) is 0 Å². The third-order valence-corrected chi connectivity index (χ3v) is 1.97. The molecule has 0 spiro atoms. The van der Waals surface area contributed by atoms with E-state index >= 15 is 0 Å². The highest BCUT2D eigenvalue weighted by Gasteiger charge is 2.05. The summed E-state index contributed by atoms with van der Waals surface area (Å²) in [7, 11) is 0. The van der Waals surface area contributed by atoms with Crippen LogP contribution >= 0.6 is 0 Å². The minimum Gasteiger partial charge on any atom is -0.396 e. The van der Waals surface area contributed by atoms with Crippen molar-refractivity contribution < 1.29 is 14.7 Å². The third kappa shape index (κ3) is 9.45. The maximum Gasteiger partial charge on any atom is 0.239 e. The molecule has 5 heteroatoms. The zero-order valence-electron chi connectivity index (χ0n) is 10.1. The van der Waals surface area contributed by atoms with E-state index in [2.05, 4.69) is 10.6 Å². The summed E-state index contributed by atoms with van der Waals surface area (Å²) in [4.78, 5) is 22.4. The Bertz CT molecular complexity index is 217. The second-order valence-corrected chi connectivity index (χ2v) is 4.16. The molecular formula is C11H22N2O3. The number of hydrogen-bond donors (Lipinski definition) is 3. The van der Waals surface area contributed by atoms with Gasteiger partial charge < -0.3 is 15.7 Å². The van der Waals surface area contributed by atoms with Crippen LogP contribution in [0.4, 0.5) is 0 Å². The third-order valence-electron chi connectivity index (χ3n) is 1.97. The van der Waals surface area contributed by atoms with Crippen molar-refractivity contribution >= 4 is 11.8 Å². The first-order valence-electron chi connectivity index (χ1n) is 5.70. The molecule has 0 bridgehead atoms. The summed E-state index contributed by atoms with van der Waals surface area (Å²) in [5, 5.41) is 13.8. The van der Waals surface area contributed by atoms with Crippen molar-refractivity contribution in [3.8, 4) is 0 Å². The van der Waals surface area contributed by atoms with Gasteiger partial charge in [0, 0.05) is 19.6 Å². The van der Waals surface area contributed by atoms with Crippen molar-refractivity contribution in [2.24, 2.45) is 5.92 Å². The van der Waals surface area contributed by atoms with Crippen molar-refractivity contribution in [2.75, 3.05) is 19.7 Å². The molecular weight excluding hydrogens is 208 g/mol. The van der Waals surface area contributed by atoms with Gasteiger partial charge in [-0.15, -0.1) is 0 Å². The highest BCUT2D eigenvalue weighted by molar-refractivity contribution is 5.84. The van der Waals surface area contributed by atoms with Gasteiger partial charge in [-0.25, -0.2) is 0 Å². The minimum absolute atomic E-state index is 0.0324. The lowest BCUT2D eigenvalue weighted by Crippen LogP contribution is -2.38. The number of unbranched alkanes of at least 4 members (excludes halogenated alkanes) is 1. The van der Waals surface area contributed by atoms with Crippen molar-refractivity contribution in [3.05, 3.63) is 0 Å². The fraction of sp³-hybridized carbons (Fsp3) is 0.818. The predicted octanol–water partition coefficient (Wildman–Crippen LogP) is 0.0374. The number of carbonyl (C=O) groups excluding carboxylic acids is 2. The van der Waals surface area contributed by atoms with E-state index < -0.39 is 0 Å². The molecule has 0 aromatic rings. The fourth-order valence-corrected chi connectivity index (χ4v) is 1.05. The van der Waals surface area contributed by atoms with Crippen LogP contribution in [0.15, 0.2) is 0 Å². The first kappa shape index (κ1) is 14.9. The average Bonchev–Trinajstić information content (AvgIpc) is 2.24. The quantitative estimate of drug-likeness (QED) is 0.515. The summed E-state index contributed by atoms with van der Waals surface area (Å²) in [5.74, 6) is 0.0987. The van der Waals surface area contributed by atoms with Crippen molar-refractivity contribution in [1.82, 2.24) is 10.6 Å². The van der Waals surface area contributed by atoms with Crippen molar-refractivity contribution in [3.63, 3.8) is 0 Å². The second kappa shape index (κ2) is 9.15. The van der Waals surface area contributed by atoms with Crippen LogP contribution in [0.5, 0.6) is 0 Å². The summed E-state index contributed by atoms with van der Waals surface area (Å²) in [6.45, 7) is 4.77. The molecule has 2 amide bonds. The van der Waals surface area contributed by atoms with Gasteiger partial charge in [0.15, 0.2) is 0 Å². The number of aliphatic hydroxyl groups excluding tert-OH is 1. The Morgan fingerprint density at radius 2 is 1.81 bits per heavy atom. The SMILES string of the molecule is CC(C)CNC(=O)CNC(=O)CCCCO. The summed E-state index contributed by atoms with van der Waals surface area (Å²) in [5.41, 5.74) is 0. The molecule has 94 valence electrons. The summed E-state index contributed by atoms with van der Waals surface area (Å²) < 4.78 is 0. The first-order valence-corrected chi connectivity index (χ1v) is 5.70. The Balaban J connectivity index is 3.47. The summed E-state index contributed by atoms with van der Waals surface area (Å²) >= 11 is 0. The van der Waals surface area contributed by atoms with Crippen LogP contribution in [0.25, 0.3) is 0 Å². The Labute approximate surface area is 96.6 Å². The van der Waals surface area contributed by atoms with Crippen LogP contribution in [0.2, 0.25) is 0 Å². The highest BCUT2D eigenvalue weighted by atomic mass is 16.3. The maximum absolute atomic E-state index is 11.2. The Hall–Kier alpha value is -1.10. The molecule has 5 nitrogen and oxygen atoms in total. The van der Waals surface area contributed by atoms with Crippen LogP contribution in [0, 0.1) is 5.92 Å². The molecule has 0 aliphatic rings. The van der Waals surface area contributed by atoms with Gasteiger partial charge in [0.2, 0.25) is 11.8 Å². The topological polar surface area (TPSA) is 78.4 Å². The van der Waals surface area contributed by atoms with Crippen molar-refractivity contribution in [2.45, 2.75) is 33.1 Å². The van der Waals surface area contributed by atoms with Crippen LogP contribution in [0.1, 0.15) is 33.1 Å². The van der Waals surface area contributed by atoms with E-state index in [-0.39, 0.29) is 25.0 Å². The van der Waals surface area contributed by atoms with Crippen LogP contribution < -0.4 is 10.6 Å². The van der Waals surface area contributed by atoms with Gasteiger partial charge in [0.05, 0.1) is 6.54 Å². The van der Waals surface area contributed by atoms with Crippen LogP contribution in [0.3, 0.4) is 0 Å². The molecule has 0 saturated carbocycles. The van der Waals surface area contributed by atoms with Gasteiger partial charge >= 0.3 is 0 Å². The minimum atomic E-state index is -0.163. The molecule has 0 radical (unpaired) electrons. The first-order chi connectivity index (χ1) is 7.56. The number of nitrogens with one attached hydrogen (secondary N) is 2. The fourth-order valence-electron chi connectivity index (χ4n) is 1.05. The number of carbonyl (C=O) groups is 2. The molecule has 0 rings (SSSR count). The highest BCUT2D eigenvalue weighted by Crippen LogP contribution is 1.93. The van der Waals surface area contributed by atoms with E-state index in [9.17, 15) is 9.59 Å². The zero-order chi connectivity index (χ0) is 12.4. The average molecular weight is 230 g/mol. The van der Waals surface area contributed by atoms with E-state index in [1.54, 1.807) is 0 Å². The molecule has 0 saturated heterocycles. The lowest BCUT2D eigenvalue weighted by molar-refractivity contribution is -0.126. The van der Waals surface area contributed by atoms with Crippen LogP contribution in [-0.2, 0) is 9.59 Å². The Kier molecular flexibility index (Phi) is 8.52. The molecule has 0 aromatic carbocycles. The van der Waals surface area contributed by atoms with Gasteiger partial charge in [-0.2, -0.15) is 0 Å². The van der Waals surface area contributed by atoms with Crippen LogP contribution in [-0.4, -0.2) is 36.6 Å². The monoisotopic (exact) mass is 230 g/mol. The molecule has 0 unspecified atom stereocenters. The molecule has 0 aliphatic heterocycles. The number of hydrogen-bond acceptors (Lipinski definition) is 3. The molecule has 0 aromatic heterocycles. The molecule has 0 aliphatic carbocycles. The van der Waals surface area contributed by atoms with Crippen molar-refractivity contribution in [1.29, 1.82) is 0 Å². The van der Waals surface area contributed by atoms with Gasteiger partial charge in [-0.05, 0) is 18.8 Å². The number of rotatable bonds is 8.